The second-order valence-corrected chi connectivity index (χ2v) is 3.23. The number of hydrogen-bond donors (Lipinski definition) is 1. The van der Waals surface area contributed by atoms with Crippen LogP contribution in [0, 0.1) is 0 Å². The normalized spacial score (nSPS) is 14.4. The Morgan fingerprint density at radius 3 is 2.64 bits per heavy atom. The third kappa shape index (κ3) is 6.38. The van der Waals surface area contributed by atoms with Gasteiger partial charge in [-0.15, -0.1) is 0 Å². The SMILES string of the molecule is C=C/C=C\C=C(\F)CCC(N)C(=C)C. The standard InChI is InChI=1S/C12H18FN/c1-4-5-6-7-11(13)8-9-12(14)10(2)3/h4-7,12H,1-2,8-9,14H2,3H3/b6-5-,11-7+. The van der Waals surface area contributed by atoms with Gasteiger partial charge in [0, 0.05) is 12.5 Å². The smallest absolute Gasteiger partial charge is 0.1000 e. The molecule has 78 valence electrons. The average molecular weight is 195 g/mol. The van der Waals surface area contributed by atoms with Crippen molar-refractivity contribution in [3.8, 4) is 0 Å². The number of hydrogen-bond acceptors (Lipinski definition) is 1. The van der Waals surface area contributed by atoms with Gasteiger partial charge in [0.1, 0.15) is 0 Å². The van der Waals surface area contributed by atoms with Crippen molar-refractivity contribution in [3.63, 3.8) is 0 Å². The van der Waals surface area contributed by atoms with Crippen molar-refractivity contribution >= 4 is 0 Å². The molecule has 0 saturated carbocycles. The van der Waals surface area contributed by atoms with Gasteiger partial charge < -0.3 is 5.73 Å². The summed E-state index contributed by atoms with van der Waals surface area (Å²) in [6.07, 6.45) is 7.28. The Kier molecular flexibility index (Phi) is 6.68. The Morgan fingerprint density at radius 2 is 2.14 bits per heavy atom. The first kappa shape index (κ1) is 12.8. The third-order valence-corrected chi connectivity index (χ3v) is 1.85. The van der Waals surface area contributed by atoms with Gasteiger partial charge in [-0.3, -0.25) is 0 Å². The van der Waals surface area contributed by atoms with Crippen LogP contribution >= 0.6 is 0 Å². The topological polar surface area (TPSA) is 26.0 Å². The van der Waals surface area contributed by atoms with Crippen LogP contribution in [0.5, 0.6) is 0 Å². The predicted molar refractivity (Wildman–Crippen MR) is 60.6 cm³/mol. The lowest BCUT2D eigenvalue weighted by atomic mass is 10.1. The van der Waals surface area contributed by atoms with E-state index >= 15 is 0 Å². The molecule has 0 aromatic carbocycles. The van der Waals surface area contributed by atoms with Gasteiger partial charge in [0.15, 0.2) is 0 Å². The van der Waals surface area contributed by atoms with Crippen LogP contribution in [-0.4, -0.2) is 6.04 Å². The second kappa shape index (κ2) is 7.27. The van der Waals surface area contributed by atoms with Crippen LogP contribution in [0.3, 0.4) is 0 Å². The van der Waals surface area contributed by atoms with Gasteiger partial charge >= 0.3 is 0 Å². The van der Waals surface area contributed by atoms with E-state index in [9.17, 15) is 4.39 Å². The average Bonchev–Trinajstić information content (AvgIpc) is 2.14. The number of rotatable bonds is 6. The van der Waals surface area contributed by atoms with Crippen molar-refractivity contribution in [1.29, 1.82) is 0 Å². The van der Waals surface area contributed by atoms with Gasteiger partial charge in [-0.05, 0) is 19.4 Å². The summed E-state index contributed by atoms with van der Waals surface area (Å²) in [5, 5.41) is 0. The first-order valence-corrected chi connectivity index (χ1v) is 4.62. The zero-order valence-corrected chi connectivity index (χ0v) is 8.67. The zero-order valence-electron chi connectivity index (χ0n) is 8.67. The molecule has 0 bridgehead atoms. The van der Waals surface area contributed by atoms with Gasteiger partial charge in [0.25, 0.3) is 0 Å². The highest BCUT2D eigenvalue weighted by Crippen LogP contribution is 2.11. The van der Waals surface area contributed by atoms with Gasteiger partial charge in [0.2, 0.25) is 0 Å². The Morgan fingerprint density at radius 1 is 1.50 bits per heavy atom. The highest BCUT2D eigenvalue weighted by molar-refractivity contribution is 5.12. The van der Waals surface area contributed by atoms with E-state index in [4.69, 9.17) is 5.73 Å². The van der Waals surface area contributed by atoms with E-state index in [2.05, 4.69) is 13.2 Å². The van der Waals surface area contributed by atoms with Crippen LogP contribution in [0.25, 0.3) is 0 Å². The molecule has 0 fully saturated rings. The monoisotopic (exact) mass is 195 g/mol. The summed E-state index contributed by atoms with van der Waals surface area (Å²) < 4.78 is 13.0. The Balaban J connectivity index is 3.89. The Hall–Kier alpha value is -1.15. The fourth-order valence-electron chi connectivity index (χ4n) is 0.862. The Labute approximate surface area is 85.5 Å². The molecule has 0 rings (SSSR count). The number of allylic oxidation sites excluding steroid dienone is 5. The third-order valence-electron chi connectivity index (χ3n) is 1.85. The molecule has 0 heterocycles. The first-order valence-electron chi connectivity index (χ1n) is 4.62. The van der Waals surface area contributed by atoms with Gasteiger partial charge in [0.05, 0.1) is 5.83 Å². The molecule has 1 unspecified atom stereocenters. The molecule has 14 heavy (non-hydrogen) atoms. The van der Waals surface area contributed by atoms with Crippen molar-refractivity contribution in [3.05, 3.63) is 48.9 Å². The molecule has 1 atom stereocenters. The van der Waals surface area contributed by atoms with E-state index in [0.29, 0.717) is 12.8 Å². The van der Waals surface area contributed by atoms with Gasteiger partial charge in [-0.25, -0.2) is 4.39 Å². The maximum atomic E-state index is 13.0. The molecule has 0 spiro atoms. The largest absolute Gasteiger partial charge is 0.324 e. The fraction of sp³-hybridized carbons (Fsp3) is 0.333. The lowest BCUT2D eigenvalue weighted by molar-refractivity contribution is 0.553. The van der Waals surface area contributed by atoms with E-state index in [-0.39, 0.29) is 11.9 Å². The quantitative estimate of drug-likeness (QED) is 0.511. The van der Waals surface area contributed by atoms with E-state index in [0.717, 1.165) is 5.57 Å². The maximum absolute atomic E-state index is 13.0. The molecule has 0 saturated heterocycles. The molecule has 2 heteroatoms. The van der Waals surface area contributed by atoms with E-state index in [1.807, 2.05) is 6.92 Å². The zero-order chi connectivity index (χ0) is 11.0. The minimum Gasteiger partial charge on any atom is -0.324 e. The van der Waals surface area contributed by atoms with E-state index in [1.54, 1.807) is 18.2 Å². The molecule has 1 nitrogen and oxygen atoms in total. The molecular formula is C12H18FN. The summed E-state index contributed by atoms with van der Waals surface area (Å²) >= 11 is 0. The van der Waals surface area contributed by atoms with Crippen molar-refractivity contribution in [1.82, 2.24) is 0 Å². The lowest BCUT2D eigenvalue weighted by Crippen LogP contribution is -2.20. The molecule has 0 aliphatic carbocycles. The molecule has 0 aromatic rings. The van der Waals surface area contributed by atoms with Crippen LogP contribution in [0.1, 0.15) is 19.8 Å². The van der Waals surface area contributed by atoms with E-state index in [1.165, 1.54) is 6.08 Å². The molecule has 0 aromatic heterocycles. The van der Waals surface area contributed by atoms with Crippen molar-refractivity contribution in [2.45, 2.75) is 25.8 Å². The minimum atomic E-state index is -0.167. The summed E-state index contributed by atoms with van der Waals surface area (Å²) in [4.78, 5) is 0. The van der Waals surface area contributed by atoms with Crippen LogP contribution in [-0.2, 0) is 0 Å². The van der Waals surface area contributed by atoms with Gasteiger partial charge in [-0.2, -0.15) is 0 Å². The van der Waals surface area contributed by atoms with Crippen molar-refractivity contribution < 1.29 is 4.39 Å². The molecule has 0 aliphatic heterocycles. The summed E-state index contributed by atoms with van der Waals surface area (Å²) in [5.41, 5.74) is 6.58. The van der Waals surface area contributed by atoms with Crippen LogP contribution in [0.15, 0.2) is 48.9 Å². The van der Waals surface area contributed by atoms with Crippen molar-refractivity contribution in [2.24, 2.45) is 5.73 Å². The molecular weight excluding hydrogens is 177 g/mol. The molecule has 0 radical (unpaired) electrons. The summed E-state index contributed by atoms with van der Waals surface area (Å²) in [7, 11) is 0. The second-order valence-electron chi connectivity index (χ2n) is 3.23. The fourth-order valence-corrected chi connectivity index (χ4v) is 0.862. The first-order chi connectivity index (χ1) is 6.57. The van der Waals surface area contributed by atoms with Crippen LogP contribution in [0.4, 0.5) is 4.39 Å². The van der Waals surface area contributed by atoms with Crippen LogP contribution < -0.4 is 5.73 Å². The van der Waals surface area contributed by atoms with E-state index < -0.39 is 0 Å². The summed E-state index contributed by atoms with van der Waals surface area (Å²) in [6.45, 7) is 9.05. The number of halogens is 1. The summed E-state index contributed by atoms with van der Waals surface area (Å²) in [6, 6.07) is -0.113. The highest BCUT2D eigenvalue weighted by atomic mass is 19.1. The molecule has 2 N–H and O–H groups in total. The van der Waals surface area contributed by atoms with Crippen LogP contribution in [0.2, 0.25) is 0 Å². The summed E-state index contributed by atoms with van der Waals surface area (Å²) in [5.74, 6) is -0.167. The predicted octanol–water partition coefficient (Wildman–Crippen LogP) is 3.27. The molecule has 0 amide bonds. The minimum absolute atomic E-state index is 0.113. The highest BCUT2D eigenvalue weighted by Gasteiger charge is 2.03. The maximum Gasteiger partial charge on any atom is 0.1000 e. The van der Waals surface area contributed by atoms with Gasteiger partial charge in [-0.1, -0.05) is 37.0 Å². The molecule has 0 aliphatic rings. The van der Waals surface area contributed by atoms with Crippen molar-refractivity contribution in [2.75, 3.05) is 0 Å². The lowest BCUT2D eigenvalue weighted by Gasteiger charge is -2.09. The Bertz CT molecular complexity index is 251. The number of nitrogens with two attached hydrogens (primary N) is 1.